The first kappa shape index (κ1) is 18.2. The number of aromatic carboxylic acids is 1. The van der Waals surface area contributed by atoms with Crippen molar-refractivity contribution in [2.24, 2.45) is 0 Å². The van der Waals surface area contributed by atoms with Gasteiger partial charge < -0.3 is 15.7 Å². The van der Waals surface area contributed by atoms with E-state index in [1.807, 2.05) is 0 Å². The quantitative estimate of drug-likeness (QED) is 0.717. The molecule has 9 heteroatoms. The van der Waals surface area contributed by atoms with Crippen molar-refractivity contribution in [3.63, 3.8) is 0 Å². The number of benzene rings is 2. The maximum atomic E-state index is 12.4. The van der Waals surface area contributed by atoms with E-state index in [0.717, 1.165) is 0 Å². The SMILES string of the molecule is O=C(O)c1ccc2c(c1)NC(=O)C(CS(=O)(=O)Cc1ccc(Cl)cc1)N2. The summed E-state index contributed by atoms with van der Waals surface area (Å²) in [5, 5.41) is 14.9. The van der Waals surface area contributed by atoms with Crippen molar-refractivity contribution in [3.8, 4) is 0 Å². The van der Waals surface area contributed by atoms with Crippen LogP contribution in [0.15, 0.2) is 42.5 Å². The molecular formula is C17H15ClN2O5S. The van der Waals surface area contributed by atoms with Gasteiger partial charge in [0.05, 0.1) is 28.4 Å². The molecule has 1 aliphatic heterocycles. The molecule has 0 aromatic heterocycles. The first-order valence-electron chi connectivity index (χ1n) is 7.63. The predicted molar refractivity (Wildman–Crippen MR) is 98.4 cm³/mol. The Labute approximate surface area is 154 Å². The van der Waals surface area contributed by atoms with Crippen LogP contribution < -0.4 is 10.6 Å². The molecule has 0 saturated heterocycles. The highest BCUT2D eigenvalue weighted by Gasteiger charge is 2.30. The zero-order valence-corrected chi connectivity index (χ0v) is 15.0. The maximum Gasteiger partial charge on any atom is 0.335 e. The van der Waals surface area contributed by atoms with Crippen LogP contribution in [0.25, 0.3) is 0 Å². The van der Waals surface area contributed by atoms with Crippen molar-refractivity contribution in [1.29, 1.82) is 0 Å². The molecule has 2 aromatic carbocycles. The Morgan fingerprint density at radius 3 is 2.46 bits per heavy atom. The Bertz CT molecular complexity index is 973. The number of halogens is 1. The summed E-state index contributed by atoms with van der Waals surface area (Å²) in [5.74, 6) is -2.24. The molecule has 0 fully saturated rings. The number of hydrogen-bond donors (Lipinski definition) is 3. The van der Waals surface area contributed by atoms with Crippen LogP contribution in [0.2, 0.25) is 5.02 Å². The first-order chi connectivity index (χ1) is 12.2. The lowest BCUT2D eigenvalue weighted by atomic mass is 10.1. The predicted octanol–water partition coefficient (Wildman–Crippen LogP) is 2.39. The van der Waals surface area contributed by atoms with Crippen LogP contribution in [-0.2, 0) is 20.4 Å². The lowest BCUT2D eigenvalue weighted by Gasteiger charge is -2.26. The normalized spacial score (nSPS) is 16.3. The van der Waals surface area contributed by atoms with Gasteiger partial charge in [-0.25, -0.2) is 13.2 Å². The molecular weight excluding hydrogens is 380 g/mol. The largest absolute Gasteiger partial charge is 0.478 e. The Hall–Kier alpha value is -2.58. The minimum Gasteiger partial charge on any atom is -0.478 e. The molecule has 0 radical (unpaired) electrons. The number of carboxylic acids is 1. The van der Waals surface area contributed by atoms with Gasteiger partial charge in [0.25, 0.3) is 0 Å². The highest BCUT2D eigenvalue weighted by molar-refractivity contribution is 7.90. The van der Waals surface area contributed by atoms with E-state index >= 15 is 0 Å². The highest BCUT2D eigenvalue weighted by atomic mass is 35.5. The van der Waals surface area contributed by atoms with Crippen LogP contribution in [0.4, 0.5) is 11.4 Å². The molecule has 1 atom stereocenters. The number of rotatable bonds is 5. The molecule has 1 heterocycles. The number of amides is 1. The van der Waals surface area contributed by atoms with Crippen molar-refractivity contribution in [2.75, 3.05) is 16.4 Å². The highest BCUT2D eigenvalue weighted by Crippen LogP contribution is 2.28. The molecule has 7 nitrogen and oxygen atoms in total. The molecule has 0 bridgehead atoms. The van der Waals surface area contributed by atoms with Gasteiger partial charge in [-0.1, -0.05) is 23.7 Å². The van der Waals surface area contributed by atoms with Crippen molar-refractivity contribution in [1.82, 2.24) is 0 Å². The van der Waals surface area contributed by atoms with Crippen molar-refractivity contribution < 1.29 is 23.1 Å². The Kier molecular flexibility index (Phi) is 4.88. The fourth-order valence-electron chi connectivity index (χ4n) is 2.64. The summed E-state index contributed by atoms with van der Waals surface area (Å²) in [5.41, 5.74) is 1.39. The molecule has 26 heavy (non-hydrogen) atoms. The maximum absolute atomic E-state index is 12.4. The summed E-state index contributed by atoms with van der Waals surface area (Å²) in [7, 11) is -3.56. The van der Waals surface area contributed by atoms with E-state index in [-0.39, 0.29) is 17.1 Å². The second-order valence-corrected chi connectivity index (χ2v) is 8.48. The van der Waals surface area contributed by atoms with E-state index in [2.05, 4.69) is 10.6 Å². The van der Waals surface area contributed by atoms with Gasteiger partial charge in [0.15, 0.2) is 9.84 Å². The van der Waals surface area contributed by atoms with Crippen LogP contribution in [-0.4, -0.2) is 37.2 Å². The van der Waals surface area contributed by atoms with E-state index in [4.69, 9.17) is 16.7 Å². The van der Waals surface area contributed by atoms with Crippen LogP contribution in [0.3, 0.4) is 0 Å². The Morgan fingerprint density at radius 2 is 1.81 bits per heavy atom. The van der Waals surface area contributed by atoms with E-state index < -0.39 is 27.8 Å². The molecule has 2 aromatic rings. The van der Waals surface area contributed by atoms with Gasteiger partial charge >= 0.3 is 5.97 Å². The zero-order valence-electron chi connectivity index (χ0n) is 13.4. The fraction of sp³-hybridized carbons (Fsp3) is 0.176. The molecule has 0 spiro atoms. The van der Waals surface area contributed by atoms with Crippen LogP contribution in [0, 0.1) is 0 Å². The lowest BCUT2D eigenvalue weighted by Crippen LogP contribution is -2.43. The van der Waals surface area contributed by atoms with Crippen LogP contribution in [0.5, 0.6) is 0 Å². The summed E-state index contributed by atoms with van der Waals surface area (Å²) in [6.45, 7) is 0. The van der Waals surface area contributed by atoms with Crippen molar-refractivity contribution >= 4 is 44.7 Å². The summed E-state index contributed by atoms with van der Waals surface area (Å²) < 4.78 is 24.8. The number of fused-ring (bicyclic) bond motifs is 1. The number of sulfone groups is 1. The molecule has 1 unspecified atom stereocenters. The number of hydrogen-bond acceptors (Lipinski definition) is 5. The van der Waals surface area contributed by atoms with Gasteiger partial charge in [-0.05, 0) is 35.9 Å². The van der Waals surface area contributed by atoms with Gasteiger partial charge in [0.1, 0.15) is 6.04 Å². The van der Waals surface area contributed by atoms with Crippen LogP contribution in [0.1, 0.15) is 15.9 Å². The third-order valence-corrected chi connectivity index (χ3v) is 5.76. The van der Waals surface area contributed by atoms with E-state index in [9.17, 15) is 18.0 Å². The number of anilines is 2. The molecule has 3 rings (SSSR count). The minimum absolute atomic E-state index is 0.0275. The number of carbonyl (C=O) groups is 2. The first-order valence-corrected chi connectivity index (χ1v) is 9.83. The topological polar surface area (TPSA) is 113 Å². The summed E-state index contributed by atoms with van der Waals surface area (Å²) in [4.78, 5) is 23.2. The average Bonchev–Trinajstić information content (AvgIpc) is 2.56. The number of carboxylic acid groups (broad SMARTS) is 1. The van der Waals surface area contributed by atoms with Crippen molar-refractivity contribution in [3.05, 3.63) is 58.6 Å². The number of carbonyl (C=O) groups excluding carboxylic acids is 1. The fourth-order valence-corrected chi connectivity index (χ4v) is 4.33. The van der Waals surface area contributed by atoms with Gasteiger partial charge in [-0.15, -0.1) is 0 Å². The molecule has 136 valence electrons. The molecule has 0 aliphatic carbocycles. The average molecular weight is 395 g/mol. The van der Waals surface area contributed by atoms with Gasteiger partial charge in [-0.2, -0.15) is 0 Å². The number of nitrogens with one attached hydrogen (secondary N) is 2. The molecule has 0 saturated carbocycles. The third kappa shape index (κ3) is 4.14. The molecule has 1 aliphatic rings. The smallest absolute Gasteiger partial charge is 0.335 e. The Balaban J connectivity index is 1.74. The molecule has 1 amide bonds. The van der Waals surface area contributed by atoms with Gasteiger partial charge in [0.2, 0.25) is 5.91 Å². The second-order valence-electron chi connectivity index (χ2n) is 5.93. The minimum atomic E-state index is -3.56. The standard InChI is InChI=1S/C17H15ClN2O5S/c18-12-4-1-10(2-5-12)8-26(24,25)9-15-16(21)20-14-7-11(17(22)23)3-6-13(14)19-15/h1-7,15,19H,8-9H2,(H,20,21)(H,22,23). The second kappa shape index (κ2) is 6.97. The monoisotopic (exact) mass is 394 g/mol. The Morgan fingerprint density at radius 1 is 1.12 bits per heavy atom. The third-order valence-electron chi connectivity index (χ3n) is 3.89. The lowest BCUT2D eigenvalue weighted by molar-refractivity contribution is -0.116. The summed E-state index contributed by atoms with van der Waals surface area (Å²) >= 11 is 5.79. The summed E-state index contributed by atoms with van der Waals surface area (Å²) in [6, 6.07) is 9.69. The van der Waals surface area contributed by atoms with Crippen molar-refractivity contribution in [2.45, 2.75) is 11.8 Å². The summed E-state index contributed by atoms with van der Waals surface area (Å²) in [6.07, 6.45) is 0. The van der Waals surface area contributed by atoms with E-state index in [0.29, 0.717) is 22.0 Å². The van der Waals surface area contributed by atoms with Crippen LogP contribution >= 0.6 is 11.6 Å². The van der Waals surface area contributed by atoms with Gasteiger partial charge in [0, 0.05) is 5.02 Å². The van der Waals surface area contributed by atoms with E-state index in [1.165, 1.54) is 18.2 Å². The zero-order chi connectivity index (χ0) is 18.9. The van der Waals surface area contributed by atoms with E-state index in [1.54, 1.807) is 24.3 Å². The van der Waals surface area contributed by atoms with Gasteiger partial charge in [-0.3, -0.25) is 4.79 Å². The molecule has 3 N–H and O–H groups in total.